The first-order valence-electron chi connectivity index (χ1n) is 12.7. The number of aromatic nitrogens is 1. The SMILES string of the molecule is CC1(C)CCc2c(nc(C3CCCC3)c(C(F)c3ccc(C(F)(F)F)cc3)c2-c2ccc(F)cc2)C1. The molecule has 6 heteroatoms. The second-order valence-corrected chi connectivity index (χ2v) is 11.0. The summed E-state index contributed by atoms with van der Waals surface area (Å²) in [7, 11) is 0. The predicted molar refractivity (Wildman–Crippen MR) is 131 cm³/mol. The second kappa shape index (κ2) is 9.28. The predicted octanol–water partition coefficient (Wildman–Crippen LogP) is 9.14. The third-order valence-corrected chi connectivity index (χ3v) is 7.81. The molecule has 0 N–H and O–H groups in total. The van der Waals surface area contributed by atoms with Gasteiger partial charge in [-0.2, -0.15) is 13.2 Å². The summed E-state index contributed by atoms with van der Waals surface area (Å²) in [4.78, 5) is 5.10. The molecule has 2 aliphatic rings. The summed E-state index contributed by atoms with van der Waals surface area (Å²) >= 11 is 0. The Morgan fingerprint density at radius 1 is 0.944 bits per heavy atom. The lowest BCUT2D eigenvalue weighted by Gasteiger charge is -2.34. The molecule has 0 radical (unpaired) electrons. The number of nitrogens with zero attached hydrogens (tertiary/aromatic N) is 1. The molecular weight excluding hydrogens is 469 g/mol. The van der Waals surface area contributed by atoms with Crippen LogP contribution < -0.4 is 0 Å². The van der Waals surface area contributed by atoms with Crippen molar-refractivity contribution in [2.24, 2.45) is 5.41 Å². The fraction of sp³-hybridized carbons (Fsp3) is 0.433. The van der Waals surface area contributed by atoms with Crippen molar-refractivity contribution in [1.82, 2.24) is 4.98 Å². The number of rotatable bonds is 4. The summed E-state index contributed by atoms with van der Waals surface area (Å²) in [5, 5.41) is 0. The van der Waals surface area contributed by atoms with Crippen molar-refractivity contribution >= 4 is 0 Å². The minimum atomic E-state index is -4.49. The topological polar surface area (TPSA) is 12.9 Å². The van der Waals surface area contributed by atoms with Gasteiger partial charge in [-0.1, -0.05) is 51.0 Å². The summed E-state index contributed by atoms with van der Waals surface area (Å²) in [5.74, 6) is -0.276. The van der Waals surface area contributed by atoms with Crippen LogP contribution in [0.5, 0.6) is 0 Å². The monoisotopic (exact) mass is 499 g/mol. The Labute approximate surface area is 208 Å². The van der Waals surface area contributed by atoms with E-state index in [0.29, 0.717) is 5.56 Å². The molecule has 1 unspecified atom stereocenters. The van der Waals surface area contributed by atoms with E-state index in [1.54, 1.807) is 12.1 Å². The Morgan fingerprint density at radius 3 is 2.19 bits per heavy atom. The Bertz CT molecular complexity index is 1240. The van der Waals surface area contributed by atoms with Crippen LogP contribution in [-0.2, 0) is 19.0 Å². The zero-order chi connectivity index (χ0) is 25.7. The largest absolute Gasteiger partial charge is 0.416 e. The Morgan fingerprint density at radius 2 is 1.58 bits per heavy atom. The van der Waals surface area contributed by atoms with Gasteiger partial charge in [-0.05, 0) is 84.0 Å². The van der Waals surface area contributed by atoms with Crippen molar-refractivity contribution in [2.45, 2.75) is 77.1 Å². The standard InChI is InChI=1S/C30H30F5N/c1-29(2)16-15-23-24(17-29)36-28(20-5-3-4-6-20)26(25(23)18-9-13-22(31)14-10-18)27(32)19-7-11-21(12-8-19)30(33,34)35/h7-14,20,27H,3-6,15-17H2,1-2H3. The van der Waals surface area contributed by atoms with Crippen LogP contribution in [0.15, 0.2) is 48.5 Å². The maximum Gasteiger partial charge on any atom is 0.416 e. The first kappa shape index (κ1) is 24.9. The number of pyridine rings is 1. The van der Waals surface area contributed by atoms with Crippen LogP contribution in [0.2, 0.25) is 0 Å². The minimum Gasteiger partial charge on any atom is -0.257 e. The lowest BCUT2D eigenvalue weighted by molar-refractivity contribution is -0.137. The molecule has 1 aromatic heterocycles. The zero-order valence-corrected chi connectivity index (χ0v) is 20.6. The number of alkyl halides is 4. The number of hydrogen-bond acceptors (Lipinski definition) is 1. The van der Waals surface area contributed by atoms with Crippen molar-refractivity contribution in [3.8, 4) is 11.1 Å². The van der Waals surface area contributed by atoms with Crippen molar-refractivity contribution in [3.05, 3.63) is 88.0 Å². The van der Waals surface area contributed by atoms with Gasteiger partial charge >= 0.3 is 6.18 Å². The highest BCUT2D eigenvalue weighted by atomic mass is 19.4. The van der Waals surface area contributed by atoms with Crippen LogP contribution in [0.4, 0.5) is 22.0 Å². The normalized spacial score (nSPS) is 18.8. The van der Waals surface area contributed by atoms with E-state index in [1.165, 1.54) is 24.3 Å². The molecule has 0 spiro atoms. The Kier molecular flexibility index (Phi) is 6.42. The quantitative estimate of drug-likeness (QED) is 0.326. The average Bonchev–Trinajstić information content (AvgIpc) is 3.37. The third-order valence-electron chi connectivity index (χ3n) is 7.81. The van der Waals surface area contributed by atoms with Crippen molar-refractivity contribution in [3.63, 3.8) is 0 Å². The minimum absolute atomic E-state index is 0.0665. The van der Waals surface area contributed by atoms with Gasteiger partial charge in [0.05, 0.1) is 11.3 Å². The molecular formula is C30H30F5N. The van der Waals surface area contributed by atoms with Crippen LogP contribution in [0.3, 0.4) is 0 Å². The third kappa shape index (κ3) is 4.79. The van der Waals surface area contributed by atoms with Gasteiger partial charge in [-0.25, -0.2) is 8.78 Å². The molecule has 1 nitrogen and oxygen atoms in total. The Balaban J connectivity index is 1.74. The van der Waals surface area contributed by atoms with E-state index in [-0.39, 0.29) is 22.7 Å². The van der Waals surface area contributed by atoms with Gasteiger partial charge < -0.3 is 0 Å². The lowest BCUT2D eigenvalue weighted by atomic mass is 9.73. The molecule has 5 rings (SSSR count). The van der Waals surface area contributed by atoms with E-state index in [4.69, 9.17) is 4.98 Å². The zero-order valence-electron chi connectivity index (χ0n) is 20.6. The highest BCUT2D eigenvalue weighted by Crippen LogP contribution is 2.48. The summed E-state index contributed by atoms with van der Waals surface area (Å²) in [5.41, 5.74) is 3.99. The van der Waals surface area contributed by atoms with E-state index in [2.05, 4.69) is 13.8 Å². The number of hydrogen-bond donors (Lipinski definition) is 0. The molecule has 2 aromatic carbocycles. The van der Waals surface area contributed by atoms with Crippen LogP contribution in [0, 0.1) is 11.2 Å². The average molecular weight is 500 g/mol. The maximum atomic E-state index is 16.6. The highest BCUT2D eigenvalue weighted by Gasteiger charge is 2.36. The van der Waals surface area contributed by atoms with Crippen LogP contribution in [0.1, 0.15) is 91.7 Å². The van der Waals surface area contributed by atoms with Crippen molar-refractivity contribution in [2.75, 3.05) is 0 Å². The maximum absolute atomic E-state index is 16.6. The first-order valence-corrected chi connectivity index (χ1v) is 12.7. The van der Waals surface area contributed by atoms with E-state index < -0.39 is 17.9 Å². The number of benzene rings is 2. The molecule has 0 aliphatic heterocycles. The molecule has 190 valence electrons. The fourth-order valence-corrected chi connectivity index (χ4v) is 5.85. The Hall–Kier alpha value is -2.76. The van der Waals surface area contributed by atoms with Gasteiger partial charge in [0.1, 0.15) is 5.82 Å². The van der Waals surface area contributed by atoms with Crippen molar-refractivity contribution in [1.29, 1.82) is 0 Å². The van der Waals surface area contributed by atoms with E-state index in [1.807, 2.05) is 0 Å². The molecule has 1 fully saturated rings. The highest BCUT2D eigenvalue weighted by molar-refractivity contribution is 5.74. The number of fused-ring (bicyclic) bond motifs is 1. The smallest absolute Gasteiger partial charge is 0.257 e. The summed E-state index contributed by atoms with van der Waals surface area (Å²) in [6.07, 6.45) is 0.169. The van der Waals surface area contributed by atoms with E-state index in [9.17, 15) is 17.6 Å². The first-order chi connectivity index (χ1) is 17.0. The van der Waals surface area contributed by atoms with Crippen molar-refractivity contribution < 1.29 is 22.0 Å². The second-order valence-electron chi connectivity index (χ2n) is 11.0. The van der Waals surface area contributed by atoms with Crippen LogP contribution in [0.25, 0.3) is 11.1 Å². The molecule has 1 heterocycles. The number of halogens is 5. The van der Waals surface area contributed by atoms with Gasteiger partial charge in [-0.3, -0.25) is 4.98 Å². The van der Waals surface area contributed by atoms with Crippen LogP contribution >= 0.6 is 0 Å². The molecule has 1 saturated carbocycles. The summed E-state index contributed by atoms with van der Waals surface area (Å²) in [6.45, 7) is 4.41. The molecule has 0 amide bonds. The molecule has 3 aromatic rings. The molecule has 0 bridgehead atoms. The van der Waals surface area contributed by atoms with Gasteiger partial charge in [0.15, 0.2) is 6.17 Å². The fourth-order valence-electron chi connectivity index (χ4n) is 5.85. The van der Waals surface area contributed by atoms with Gasteiger partial charge in [0, 0.05) is 17.2 Å². The molecule has 2 aliphatic carbocycles. The molecule has 1 atom stereocenters. The van der Waals surface area contributed by atoms with Crippen LogP contribution in [-0.4, -0.2) is 4.98 Å². The van der Waals surface area contributed by atoms with E-state index >= 15 is 4.39 Å². The van der Waals surface area contributed by atoms with Gasteiger partial charge in [0.25, 0.3) is 0 Å². The van der Waals surface area contributed by atoms with E-state index in [0.717, 1.165) is 85.2 Å². The lowest BCUT2D eigenvalue weighted by Crippen LogP contribution is -2.26. The van der Waals surface area contributed by atoms with Gasteiger partial charge in [0.2, 0.25) is 0 Å². The van der Waals surface area contributed by atoms with Gasteiger partial charge in [-0.15, -0.1) is 0 Å². The molecule has 0 saturated heterocycles. The molecule has 36 heavy (non-hydrogen) atoms. The summed E-state index contributed by atoms with van der Waals surface area (Å²) < 4.78 is 69.9. The summed E-state index contributed by atoms with van der Waals surface area (Å²) in [6, 6.07) is 10.4.